The van der Waals surface area contributed by atoms with Gasteiger partial charge in [-0.1, -0.05) is 0 Å². The number of aryl methyl sites for hydroxylation is 1. The van der Waals surface area contributed by atoms with Gasteiger partial charge in [-0.15, -0.1) is 0 Å². The van der Waals surface area contributed by atoms with Crippen molar-refractivity contribution in [2.45, 2.75) is 18.9 Å². The third-order valence-corrected chi connectivity index (χ3v) is 3.51. The Balaban J connectivity index is 2.20. The minimum atomic E-state index is -0.0163. The average Bonchev–Trinajstić information content (AvgIpc) is 2.64. The molecular weight excluding hydrogens is 204 g/mol. The molecule has 1 fully saturated rings. The van der Waals surface area contributed by atoms with Gasteiger partial charge in [0, 0.05) is 30.6 Å². The van der Waals surface area contributed by atoms with Crippen LogP contribution in [0.2, 0.25) is 0 Å². The summed E-state index contributed by atoms with van der Waals surface area (Å²) in [6, 6.07) is 3.54. The van der Waals surface area contributed by atoms with Crippen molar-refractivity contribution < 1.29 is 9.90 Å². The standard InChI is InChI=1S/C12H14N2O2/c1-6-2-7(15)3-8-9-4-13-5-10(9)14-12(16)11(6)8/h2-3,9-10,13,15H,4-5H2,1H3,(H,14,16). The molecule has 0 bridgehead atoms. The van der Waals surface area contributed by atoms with Gasteiger partial charge < -0.3 is 15.7 Å². The van der Waals surface area contributed by atoms with Gasteiger partial charge in [-0.3, -0.25) is 4.79 Å². The van der Waals surface area contributed by atoms with Crippen molar-refractivity contribution in [3.05, 3.63) is 28.8 Å². The zero-order valence-electron chi connectivity index (χ0n) is 9.08. The number of hydrogen-bond donors (Lipinski definition) is 3. The Morgan fingerprint density at radius 2 is 2.19 bits per heavy atom. The number of carbonyl (C=O) groups is 1. The number of nitrogens with one attached hydrogen (secondary N) is 2. The first-order valence-electron chi connectivity index (χ1n) is 5.52. The van der Waals surface area contributed by atoms with Crippen LogP contribution in [0, 0.1) is 6.92 Å². The van der Waals surface area contributed by atoms with E-state index in [1.807, 2.05) is 6.92 Å². The molecule has 1 saturated heterocycles. The van der Waals surface area contributed by atoms with Crippen molar-refractivity contribution in [1.82, 2.24) is 10.6 Å². The van der Waals surface area contributed by atoms with Gasteiger partial charge in [-0.05, 0) is 30.2 Å². The molecule has 1 amide bonds. The molecule has 0 radical (unpaired) electrons. The van der Waals surface area contributed by atoms with Gasteiger partial charge in [0.2, 0.25) is 0 Å². The molecule has 2 unspecified atom stereocenters. The fraction of sp³-hybridized carbons (Fsp3) is 0.417. The second-order valence-electron chi connectivity index (χ2n) is 4.57. The molecular formula is C12H14N2O2. The lowest BCUT2D eigenvalue weighted by atomic mass is 9.84. The lowest BCUT2D eigenvalue weighted by Crippen LogP contribution is -2.44. The van der Waals surface area contributed by atoms with Gasteiger partial charge >= 0.3 is 0 Å². The lowest BCUT2D eigenvalue weighted by Gasteiger charge is -2.29. The van der Waals surface area contributed by atoms with Crippen LogP contribution in [0.15, 0.2) is 12.1 Å². The summed E-state index contributed by atoms with van der Waals surface area (Å²) in [6.07, 6.45) is 0. The molecule has 2 atom stereocenters. The average molecular weight is 218 g/mol. The van der Waals surface area contributed by atoms with E-state index in [2.05, 4.69) is 10.6 Å². The molecule has 0 aromatic heterocycles. The van der Waals surface area contributed by atoms with Crippen molar-refractivity contribution >= 4 is 5.91 Å². The van der Waals surface area contributed by atoms with Crippen LogP contribution in [0.4, 0.5) is 0 Å². The summed E-state index contributed by atoms with van der Waals surface area (Å²) in [5, 5.41) is 15.9. The van der Waals surface area contributed by atoms with E-state index in [1.54, 1.807) is 12.1 Å². The van der Waals surface area contributed by atoms with Gasteiger partial charge in [0.05, 0.1) is 0 Å². The van der Waals surface area contributed by atoms with E-state index in [4.69, 9.17) is 0 Å². The number of benzene rings is 1. The van der Waals surface area contributed by atoms with Crippen molar-refractivity contribution in [2.75, 3.05) is 13.1 Å². The number of carbonyl (C=O) groups excluding carboxylic acids is 1. The van der Waals surface area contributed by atoms with Crippen LogP contribution >= 0.6 is 0 Å². The minimum absolute atomic E-state index is 0.0163. The van der Waals surface area contributed by atoms with Crippen molar-refractivity contribution in [3.8, 4) is 5.75 Å². The highest BCUT2D eigenvalue weighted by Gasteiger charge is 2.37. The predicted octanol–water partition coefficient (Wildman–Crippen LogP) is 0.499. The van der Waals surface area contributed by atoms with E-state index >= 15 is 0 Å². The fourth-order valence-electron chi connectivity index (χ4n) is 2.80. The molecule has 0 aliphatic carbocycles. The summed E-state index contributed by atoms with van der Waals surface area (Å²) in [6.45, 7) is 3.53. The Kier molecular flexibility index (Phi) is 1.94. The zero-order valence-corrected chi connectivity index (χ0v) is 9.08. The normalized spacial score (nSPS) is 27.2. The van der Waals surface area contributed by atoms with E-state index in [0.29, 0.717) is 5.92 Å². The SMILES string of the molecule is Cc1cc(O)cc2c1C(=O)NC1CNCC21. The maximum Gasteiger partial charge on any atom is 0.252 e. The molecule has 2 aliphatic heterocycles. The molecule has 4 nitrogen and oxygen atoms in total. The molecule has 3 rings (SSSR count). The summed E-state index contributed by atoms with van der Waals surface area (Å²) in [5.41, 5.74) is 2.57. The second-order valence-corrected chi connectivity index (χ2v) is 4.57. The van der Waals surface area contributed by atoms with Crippen LogP contribution in [0.5, 0.6) is 5.75 Å². The molecule has 2 heterocycles. The third kappa shape index (κ3) is 1.23. The van der Waals surface area contributed by atoms with Crippen LogP contribution in [0.1, 0.15) is 27.4 Å². The molecule has 1 aromatic carbocycles. The Hall–Kier alpha value is -1.55. The highest BCUT2D eigenvalue weighted by atomic mass is 16.3. The molecule has 16 heavy (non-hydrogen) atoms. The number of phenols is 1. The monoisotopic (exact) mass is 218 g/mol. The summed E-state index contributed by atoms with van der Waals surface area (Å²) in [5.74, 6) is 0.521. The summed E-state index contributed by atoms with van der Waals surface area (Å²) >= 11 is 0. The quantitative estimate of drug-likeness (QED) is 0.594. The summed E-state index contributed by atoms with van der Waals surface area (Å²) in [4.78, 5) is 11.9. The highest BCUT2D eigenvalue weighted by molar-refractivity contribution is 5.99. The second kappa shape index (κ2) is 3.22. The van der Waals surface area contributed by atoms with Gasteiger partial charge in [-0.25, -0.2) is 0 Å². The summed E-state index contributed by atoms with van der Waals surface area (Å²) < 4.78 is 0. The largest absolute Gasteiger partial charge is 0.508 e. The number of phenolic OH excluding ortho intramolecular Hbond substituents is 1. The van der Waals surface area contributed by atoms with Crippen LogP contribution in [-0.4, -0.2) is 30.1 Å². The molecule has 1 aromatic rings. The van der Waals surface area contributed by atoms with Gasteiger partial charge in [0.1, 0.15) is 5.75 Å². The lowest BCUT2D eigenvalue weighted by molar-refractivity contribution is 0.0923. The van der Waals surface area contributed by atoms with Crippen molar-refractivity contribution in [2.24, 2.45) is 0 Å². The Morgan fingerprint density at radius 3 is 3.00 bits per heavy atom. The molecule has 2 aliphatic rings. The number of rotatable bonds is 0. The number of amides is 1. The fourth-order valence-corrected chi connectivity index (χ4v) is 2.80. The smallest absolute Gasteiger partial charge is 0.252 e. The first-order chi connectivity index (χ1) is 7.66. The van der Waals surface area contributed by atoms with Gasteiger partial charge in [-0.2, -0.15) is 0 Å². The number of aromatic hydroxyl groups is 1. The first-order valence-corrected chi connectivity index (χ1v) is 5.52. The van der Waals surface area contributed by atoms with E-state index in [1.165, 1.54) is 0 Å². The number of hydrogen-bond acceptors (Lipinski definition) is 3. The highest BCUT2D eigenvalue weighted by Crippen LogP contribution is 2.34. The van der Waals surface area contributed by atoms with Gasteiger partial charge in [0.25, 0.3) is 5.91 Å². The molecule has 3 N–H and O–H groups in total. The van der Waals surface area contributed by atoms with Gasteiger partial charge in [0.15, 0.2) is 0 Å². The summed E-state index contributed by atoms with van der Waals surface area (Å²) in [7, 11) is 0. The van der Waals surface area contributed by atoms with Crippen LogP contribution < -0.4 is 10.6 Å². The minimum Gasteiger partial charge on any atom is -0.508 e. The Bertz CT molecular complexity index is 470. The third-order valence-electron chi connectivity index (χ3n) is 3.51. The molecule has 0 saturated carbocycles. The van der Waals surface area contributed by atoms with Crippen LogP contribution in [0.25, 0.3) is 0 Å². The Labute approximate surface area is 93.7 Å². The molecule has 0 spiro atoms. The zero-order chi connectivity index (χ0) is 11.3. The van der Waals surface area contributed by atoms with E-state index in [0.717, 1.165) is 29.8 Å². The topological polar surface area (TPSA) is 61.4 Å². The Morgan fingerprint density at radius 1 is 1.38 bits per heavy atom. The van der Waals surface area contributed by atoms with E-state index in [9.17, 15) is 9.90 Å². The van der Waals surface area contributed by atoms with E-state index in [-0.39, 0.29) is 17.7 Å². The number of fused-ring (bicyclic) bond motifs is 3. The van der Waals surface area contributed by atoms with E-state index < -0.39 is 0 Å². The maximum atomic E-state index is 11.9. The molecule has 84 valence electrons. The van der Waals surface area contributed by atoms with Crippen molar-refractivity contribution in [3.63, 3.8) is 0 Å². The first kappa shape index (κ1) is 9.66. The van der Waals surface area contributed by atoms with Crippen LogP contribution in [0.3, 0.4) is 0 Å². The van der Waals surface area contributed by atoms with Crippen LogP contribution in [-0.2, 0) is 0 Å². The maximum absolute atomic E-state index is 11.9. The molecule has 4 heteroatoms. The predicted molar refractivity (Wildman–Crippen MR) is 59.7 cm³/mol. The van der Waals surface area contributed by atoms with Crippen molar-refractivity contribution in [1.29, 1.82) is 0 Å².